The van der Waals surface area contributed by atoms with E-state index in [2.05, 4.69) is 21.2 Å². The minimum absolute atomic E-state index is 0.0547. The Kier molecular flexibility index (Phi) is 4.39. The number of hydrogen-bond acceptors (Lipinski definition) is 1. The minimum Gasteiger partial charge on any atom is -0.311 e. The van der Waals surface area contributed by atoms with Crippen LogP contribution in [-0.2, 0) is 6.54 Å². The highest BCUT2D eigenvalue weighted by Crippen LogP contribution is 2.35. The SMILES string of the molecule is Fc1ccc(Br)c(F)c1CNCC(Cl)C1CC1. The van der Waals surface area contributed by atoms with Gasteiger partial charge >= 0.3 is 0 Å². The van der Waals surface area contributed by atoms with E-state index in [-0.39, 0.29) is 22.0 Å². The molecule has 0 amide bonds. The molecule has 0 spiro atoms. The molecular weight excluding hydrogens is 311 g/mol. The molecule has 0 heterocycles. The summed E-state index contributed by atoms with van der Waals surface area (Å²) in [5, 5.41) is 3.06. The second-order valence-corrected chi connectivity index (χ2v) is 5.72. The lowest BCUT2D eigenvalue weighted by Crippen LogP contribution is -2.25. The Labute approximate surface area is 113 Å². The van der Waals surface area contributed by atoms with Crippen molar-refractivity contribution in [3.8, 4) is 0 Å². The van der Waals surface area contributed by atoms with Crippen molar-refractivity contribution in [2.75, 3.05) is 6.54 Å². The molecular formula is C12H13BrClF2N. The van der Waals surface area contributed by atoms with Crippen LogP contribution in [0.1, 0.15) is 18.4 Å². The molecule has 0 aromatic heterocycles. The maximum Gasteiger partial charge on any atom is 0.144 e. The molecule has 1 N–H and O–H groups in total. The van der Waals surface area contributed by atoms with Crippen LogP contribution in [0.4, 0.5) is 8.78 Å². The van der Waals surface area contributed by atoms with Gasteiger partial charge < -0.3 is 5.32 Å². The highest BCUT2D eigenvalue weighted by atomic mass is 79.9. The van der Waals surface area contributed by atoms with Crippen LogP contribution >= 0.6 is 27.5 Å². The third-order valence-corrected chi connectivity index (χ3v) is 4.04. The summed E-state index contributed by atoms with van der Waals surface area (Å²) >= 11 is 9.13. The lowest BCUT2D eigenvalue weighted by molar-refractivity contribution is 0.526. The van der Waals surface area contributed by atoms with Crippen molar-refractivity contribution in [2.24, 2.45) is 5.92 Å². The van der Waals surface area contributed by atoms with Crippen molar-refractivity contribution < 1.29 is 8.78 Å². The van der Waals surface area contributed by atoms with Crippen molar-refractivity contribution in [1.82, 2.24) is 5.32 Å². The van der Waals surface area contributed by atoms with Gasteiger partial charge in [0.15, 0.2) is 0 Å². The van der Waals surface area contributed by atoms with Crippen molar-refractivity contribution in [1.29, 1.82) is 0 Å². The average Bonchev–Trinajstić information content (AvgIpc) is 3.12. The molecule has 2 rings (SSSR count). The van der Waals surface area contributed by atoms with Crippen LogP contribution < -0.4 is 5.32 Å². The maximum atomic E-state index is 13.6. The van der Waals surface area contributed by atoms with Crippen molar-refractivity contribution in [2.45, 2.75) is 24.8 Å². The van der Waals surface area contributed by atoms with Gasteiger partial charge in [0.2, 0.25) is 0 Å². The number of hydrogen-bond donors (Lipinski definition) is 1. The molecule has 94 valence electrons. The van der Waals surface area contributed by atoms with Crippen LogP contribution in [0.2, 0.25) is 0 Å². The summed E-state index contributed by atoms with van der Waals surface area (Å²) < 4.78 is 27.3. The van der Waals surface area contributed by atoms with Crippen molar-refractivity contribution in [3.05, 3.63) is 33.8 Å². The summed E-state index contributed by atoms with van der Waals surface area (Å²) in [4.78, 5) is 0. The third-order valence-electron chi connectivity index (χ3n) is 2.91. The first-order valence-corrected chi connectivity index (χ1v) is 6.79. The predicted octanol–water partition coefficient (Wildman–Crippen LogP) is 3.83. The van der Waals surface area contributed by atoms with E-state index in [0.717, 1.165) is 12.8 Å². The molecule has 1 aromatic rings. The summed E-state index contributed by atoms with van der Waals surface area (Å²) in [7, 11) is 0. The third kappa shape index (κ3) is 3.39. The van der Waals surface area contributed by atoms with E-state index in [1.807, 2.05) is 0 Å². The molecule has 1 nitrogen and oxygen atoms in total. The Hall–Kier alpha value is -0.190. The molecule has 1 atom stereocenters. The number of nitrogens with one attached hydrogen (secondary N) is 1. The first-order valence-electron chi connectivity index (χ1n) is 5.56. The summed E-state index contributed by atoms with van der Waals surface area (Å²) in [5.41, 5.74) is 0.0547. The van der Waals surface area contributed by atoms with E-state index in [1.165, 1.54) is 12.1 Å². The Balaban J connectivity index is 1.91. The number of halogens is 4. The first kappa shape index (κ1) is 13.2. The molecule has 1 aliphatic rings. The lowest BCUT2D eigenvalue weighted by atomic mass is 10.2. The van der Waals surface area contributed by atoms with E-state index in [0.29, 0.717) is 12.5 Å². The Morgan fingerprint density at radius 3 is 2.76 bits per heavy atom. The van der Waals surface area contributed by atoms with Gasteiger partial charge in [-0.25, -0.2) is 8.78 Å². The Morgan fingerprint density at radius 1 is 1.41 bits per heavy atom. The second-order valence-electron chi connectivity index (χ2n) is 4.31. The number of rotatable bonds is 5. The zero-order valence-electron chi connectivity index (χ0n) is 9.15. The van der Waals surface area contributed by atoms with E-state index in [1.54, 1.807) is 0 Å². The molecule has 5 heteroatoms. The topological polar surface area (TPSA) is 12.0 Å². The van der Waals surface area contributed by atoms with Crippen LogP contribution in [0.3, 0.4) is 0 Å². The monoisotopic (exact) mass is 323 g/mol. The van der Waals surface area contributed by atoms with Gasteiger partial charge in [-0.15, -0.1) is 11.6 Å². The zero-order valence-corrected chi connectivity index (χ0v) is 11.5. The summed E-state index contributed by atoms with van der Waals surface area (Å²) in [6, 6.07) is 2.62. The Morgan fingerprint density at radius 2 is 2.12 bits per heavy atom. The molecule has 0 aliphatic heterocycles. The van der Waals surface area contributed by atoms with Gasteiger partial charge in [-0.2, -0.15) is 0 Å². The van der Waals surface area contributed by atoms with Crippen LogP contribution in [0.25, 0.3) is 0 Å². The van der Waals surface area contributed by atoms with Crippen LogP contribution in [0, 0.1) is 17.6 Å². The molecule has 1 aliphatic carbocycles. The van der Waals surface area contributed by atoms with Gasteiger partial charge in [0.05, 0.1) is 4.47 Å². The smallest absolute Gasteiger partial charge is 0.144 e. The van der Waals surface area contributed by atoms with E-state index < -0.39 is 11.6 Å². The normalized spacial score (nSPS) is 17.2. The van der Waals surface area contributed by atoms with E-state index >= 15 is 0 Å². The van der Waals surface area contributed by atoms with Crippen LogP contribution in [-0.4, -0.2) is 11.9 Å². The quantitative estimate of drug-likeness (QED) is 0.641. The molecule has 17 heavy (non-hydrogen) atoms. The van der Waals surface area contributed by atoms with Crippen LogP contribution in [0.5, 0.6) is 0 Å². The molecule has 1 unspecified atom stereocenters. The van der Waals surface area contributed by atoms with E-state index in [9.17, 15) is 8.78 Å². The molecule has 0 radical (unpaired) electrons. The van der Waals surface area contributed by atoms with Gasteiger partial charge in [0, 0.05) is 24.0 Å². The Bertz CT molecular complexity index is 410. The fourth-order valence-corrected chi connectivity index (χ4v) is 2.42. The number of benzene rings is 1. The van der Waals surface area contributed by atoms with Gasteiger partial charge in [-0.05, 0) is 46.8 Å². The molecule has 0 bridgehead atoms. The molecule has 1 fully saturated rings. The first-order chi connectivity index (χ1) is 8.09. The summed E-state index contributed by atoms with van der Waals surface area (Å²) in [5.74, 6) is -0.507. The van der Waals surface area contributed by atoms with Crippen molar-refractivity contribution in [3.63, 3.8) is 0 Å². The van der Waals surface area contributed by atoms with E-state index in [4.69, 9.17) is 11.6 Å². The summed E-state index contributed by atoms with van der Waals surface area (Å²) in [6.45, 7) is 0.741. The van der Waals surface area contributed by atoms with Gasteiger partial charge in [0.25, 0.3) is 0 Å². The van der Waals surface area contributed by atoms with Gasteiger partial charge in [0.1, 0.15) is 11.6 Å². The molecule has 0 saturated heterocycles. The standard InChI is InChI=1S/C12H13BrClF2N/c13-9-3-4-11(15)8(12(9)16)5-17-6-10(14)7-1-2-7/h3-4,7,10,17H,1-2,5-6H2. The highest BCUT2D eigenvalue weighted by molar-refractivity contribution is 9.10. The predicted molar refractivity (Wildman–Crippen MR) is 68.1 cm³/mol. The summed E-state index contributed by atoms with van der Waals surface area (Å²) in [6.07, 6.45) is 2.32. The fraction of sp³-hybridized carbons (Fsp3) is 0.500. The zero-order chi connectivity index (χ0) is 12.4. The van der Waals surface area contributed by atoms with Gasteiger partial charge in [-0.3, -0.25) is 0 Å². The minimum atomic E-state index is -0.546. The van der Waals surface area contributed by atoms with Crippen molar-refractivity contribution >= 4 is 27.5 Å². The largest absolute Gasteiger partial charge is 0.311 e. The maximum absolute atomic E-state index is 13.6. The van der Waals surface area contributed by atoms with Gasteiger partial charge in [-0.1, -0.05) is 0 Å². The average molecular weight is 325 g/mol. The van der Waals surface area contributed by atoms with Crippen LogP contribution in [0.15, 0.2) is 16.6 Å². The lowest BCUT2D eigenvalue weighted by Gasteiger charge is -2.11. The number of alkyl halides is 1. The highest BCUT2D eigenvalue weighted by Gasteiger charge is 2.29. The molecule has 1 aromatic carbocycles. The molecule has 1 saturated carbocycles. The fourth-order valence-electron chi connectivity index (χ4n) is 1.69. The second kappa shape index (κ2) is 5.63.